The van der Waals surface area contributed by atoms with Crippen LogP contribution in [0.15, 0.2) is 96.6 Å². The summed E-state index contributed by atoms with van der Waals surface area (Å²) in [6, 6.07) is 20.6. The SMILES string of the molecule is C=C(C)C/C=C\C=C(/C)CCC(C)c1ccc(-c2ccccc2C#N)nc1NCCc1cccc(F)c1. The number of rotatable bonds is 12. The Kier molecular flexibility index (Phi) is 10.4. The highest BCUT2D eigenvalue weighted by Crippen LogP contribution is 2.31. The smallest absolute Gasteiger partial charge is 0.130 e. The standard InChI is InChI=1S/C33H36FN3/c1-24(2)10-5-6-11-25(3)16-17-26(4)30-18-19-32(31-15-8-7-13-28(31)23-35)37-33(30)36-21-20-27-12-9-14-29(34)22-27/h5-9,11-15,18-19,22,26H,1,10,16-17,20-21H2,2-4H3,(H,36,37)/b6-5-,25-11+. The van der Waals surface area contributed by atoms with Crippen molar-refractivity contribution in [2.24, 2.45) is 0 Å². The number of benzene rings is 2. The van der Waals surface area contributed by atoms with Gasteiger partial charge in [0, 0.05) is 12.1 Å². The molecule has 3 aromatic rings. The van der Waals surface area contributed by atoms with E-state index in [9.17, 15) is 9.65 Å². The van der Waals surface area contributed by atoms with Gasteiger partial charge in [-0.1, -0.05) is 79.3 Å². The van der Waals surface area contributed by atoms with Gasteiger partial charge in [0.05, 0.1) is 17.3 Å². The van der Waals surface area contributed by atoms with E-state index in [4.69, 9.17) is 4.98 Å². The zero-order valence-corrected chi connectivity index (χ0v) is 22.1. The van der Waals surface area contributed by atoms with Gasteiger partial charge >= 0.3 is 0 Å². The van der Waals surface area contributed by atoms with E-state index in [-0.39, 0.29) is 11.7 Å². The molecule has 3 nitrogen and oxygen atoms in total. The lowest BCUT2D eigenvalue weighted by atomic mass is 9.93. The first kappa shape index (κ1) is 27.6. The molecule has 0 bridgehead atoms. The third-order valence-electron chi connectivity index (χ3n) is 6.33. The van der Waals surface area contributed by atoms with E-state index in [0.717, 1.165) is 53.0 Å². The summed E-state index contributed by atoms with van der Waals surface area (Å²) in [7, 11) is 0. The summed E-state index contributed by atoms with van der Waals surface area (Å²) in [6.45, 7) is 11.0. The number of pyridine rings is 1. The molecule has 0 radical (unpaired) electrons. The summed E-state index contributed by atoms with van der Waals surface area (Å²) in [5.41, 5.74) is 6.75. The fourth-order valence-corrected chi connectivity index (χ4v) is 4.17. The molecule has 1 atom stereocenters. The predicted molar refractivity (Wildman–Crippen MR) is 153 cm³/mol. The number of hydrogen-bond donors (Lipinski definition) is 1. The third-order valence-corrected chi connectivity index (χ3v) is 6.33. The Morgan fingerprint density at radius 1 is 1.14 bits per heavy atom. The fraction of sp³-hybridized carbons (Fsp3) is 0.273. The Balaban J connectivity index is 1.79. The Hall–Kier alpha value is -3.97. The summed E-state index contributed by atoms with van der Waals surface area (Å²) in [5, 5.41) is 13.1. The van der Waals surface area contributed by atoms with Gasteiger partial charge in [0.2, 0.25) is 0 Å². The zero-order chi connectivity index (χ0) is 26.6. The van der Waals surface area contributed by atoms with Crippen molar-refractivity contribution in [3.63, 3.8) is 0 Å². The van der Waals surface area contributed by atoms with Crippen LogP contribution in [0.4, 0.5) is 10.2 Å². The third kappa shape index (κ3) is 8.58. The first-order valence-corrected chi connectivity index (χ1v) is 12.8. The second kappa shape index (κ2) is 13.9. The van der Waals surface area contributed by atoms with E-state index in [1.165, 1.54) is 11.6 Å². The van der Waals surface area contributed by atoms with Crippen LogP contribution in [-0.2, 0) is 6.42 Å². The second-order valence-corrected chi connectivity index (χ2v) is 9.64. The number of aromatic nitrogens is 1. The number of nitriles is 1. The van der Waals surface area contributed by atoms with Gasteiger partial charge in [0.15, 0.2) is 0 Å². The van der Waals surface area contributed by atoms with E-state index >= 15 is 0 Å². The number of nitrogens with zero attached hydrogens (tertiary/aromatic N) is 2. The van der Waals surface area contributed by atoms with Gasteiger partial charge in [-0.05, 0) is 80.8 Å². The molecule has 0 spiro atoms. The molecule has 0 aliphatic rings. The highest BCUT2D eigenvalue weighted by atomic mass is 19.1. The molecule has 0 fully saturated rings. The van der Waals surface area contributed by atoms with E-state index in [1.807, 2.05) is 43.3 Å². The topological polar surface area (TPSA) is 48.7 Å². The normalized spacial score (nSPS) is 12.4. The minimum atomic E-state index is -0.224. The average Bonchev–Trinajstić information content (AvgIpc) is 2.89. The Labute approximate surface area is 221 Å². The zero-order valence-electron chi connectivity index (χ0n) is 22.1. The highest BCUT2D eigenvalue weighted by molar-refractivity contribution is 5.69. The molecule has 190 valence electrons. The van der Waals surface area contributed by atoms with Crippen molar-refractivity contribution < 1.29 is 4.39 Å². The lowest BCUT2D eigenvalue weighted by molar-refractivity contribution is 0.625. The quantitative estimate of drug-likeness (QED) is 0.203. The first-order valence-electron chi connectivity index (χ1n) is 12.8. The van der Waals surface area contributed by atoms with Crippen LogP contribution in [0.2, 0.25) is 0 Å². The molecule has 37 heavy (non-hydrogen) atoms. The molecule has 0 saturated carbocycles. The van der Waals surface area contributed by atoms with Crippen molar-refractivity contribution in [1.29, 1.82) is 5.26 Å². The van der Waals surface area contributed by atoms with Crippen LogP contribution in [0.1, 0.15) is 62.6 Å². The van der Waals surface area contributed by atoms with Crippen LogP contribution < -0.4 is 5.32 Å². The fourth-order valence-electron chi connectivity index (χ4n) is 4.17. The van der Waals surface area contributed by atoms with Crippen molar-refractivity contribution in [2.75, 3.05) is 11.9 Å². The Morgan fingerprint density at radius 3 is 2.70 bits per heavy atom. The summed E-state index contributed by atoms with van der Waals surface area (Å²) < 4.78 is 13.6. The summed E-state index contributed by atoms with van der Waals surface area (Å²) >= 11 is 0. The average molecular weight is 494 g/mol. The maximum Gasteiger partial charge on any atom is 0.130 e. The first-order chi connectivity index (χ1) is 17.9. The van der Waals surface area contributed by atoms with Gasteiger partial charge in [-0.2, -0.15) is 5.26 Å². The largest absolute Gasteiger partial charge is 0.369 e. The number of allylic oxidation sites excluding steroid dienone is 5. The molecular formula is C33H36FN3. The Bertz CT molecular complexity index is 1310. The molecule has 0 aliphatic heterocycles. The lowest BCUT2D eigenvalue weighted by Gasteiger charge is -2.19. The van der Waals surface area contributed by atoms with Crippen LogP contribution in [0, 0.1) is 17.1 Å². The summed E-state index contributed by atoms with van der Waals surface area (Å²) in [6.07, 6.45) is 9.98. The molecule has 1 heterocycles. The number of nitrogens with one attached hydrogen (secondary N) is 1. The van der Waals surface area contributed by atoms with Crippen molar-refractivity contribution >= 4 is 5.82 Å². The molecule has 0 amide bonds. The minimum absolute atomic E-state index is 0.224. The number of hydrogen-bond acceptors (Lipinski definition) is 3. The highest BCUT2D eigenvalue weighted by Gasteiger charge is 2.15. The van der Waals surface area contributed by atoms with Gasteiger partial charge in [0.1, 0.15) is 11.6 Å². The molecule has 4 heteroatoms. The van der Waals surface area contributed by atoms with E-state index in [2.05, 4.69) is 56.1 Å². The van der Waals surface area contributed by atoms with Crippen LogP contribution in [0.5, 0.6) is 0 Å². The van der Waals surface area contributed by atoms with Crippen molar-refractivity contribution in [2.45, 2.75) is 52.4 Å². The monoisotopic (exact) mass is 493 g/mol. The summed E-state index contributed by atoms with van der Waals surface area (Å²) in [4.78, 5) is 4.96. The van der Waals surface area contributed by atoms with Gasteiger partial charge in [-0.15, -0.1) is 0 Å². The van der Waals surface area contributed by atoms with Gasteiger partial charge in [-0.25, -0.2) is 9.37 Å². The second-order valence-electron chi connectivity index (χ2n) is 9.64. The predicted octanol–water partition coefficient (Wildman–Crippen LogP) is 8.77. The molecule has 1 aromatic heterocycles. The van der Waals surface area contributed by atoms with Crippen molar-refractivity contribution in [3.8, 4) is 17.3 Å². The molecule has 2 aromatic carbocycles. The molecule has 0 saturated heterocycles. The van der Waals surface area contributed by atoms with Gasteiger partial charge in [0.25, 0.3) is 0 Å². The van der Waals surface area contributed by atoms with Gasteiger partial charge < -0.3 is 5.32 Å². The van der Waals surface area contributed by atoms with E-state index in [0.29, 0.717) is 18.5 Å². The van der Waals surface area contributed by atoms with E-state index in [1.54, 1.807) is 12.1 Å². The molecule has 0 aliphatic carbocycles. The molecule has 1 N–H and O–H groups in total. The van der Waals surface area contributed by atoms with Crippen LogP contribution >= 0.6 is 0 Å². The number of halogens is 1. The van der Waals surface area contributed by atoms with E-state index < -0.39 is 0 Å². The van der Waals surface area contributed by atoms with Crippen LogP contribution in [-0.4, -0.2) is 11.5 Å². The maximum absolute atomic E-state index is 13.6. The van der Waals surface area contributed by atoms with Crippen LogP contribution in [0.25, 0.3) is 11.3 Å². The van der Waals surface area contributed by atoms with Crippen molar-refractivity contribution in [3.05, 3.63) is 119 Å². The Morgan fingerprint density at radius 2 is 1.95 bits per heavy atom. The van der Waals surface area contributed by atoms with Gasteiger partial charge in [-0.3, -0.25) is 0 Å². The van der Waals surface area contributed by atoms with Crippen molar-refractivity contribution in [1.82, 2.24) is 4.98 Å². The van der Waals surface area contributed by atoms with Crippen LogP contribution in [0.3, 0.4) is 0 Å². The minimum Gasteiger partial charge on any atom is -0.369 e. The lowest BCUT2D eigenvalue weighted by Crippen LogP contribution is -2.11. The molecule has 1 unspecified atom stereocenters. The molecular weight excluding hydrogens is 457 g/mol. The molecule has 3 rings (SSSR count). The maximum atomic E-state index is 13.6. The number of anilines is 1. The summed E-state index contributed by atoms with van der Waals surface area (Å²) in [5.74, 6) is 0.877.